The molecule has 1 amide bonds. The molecule has 2 aromatic carbocycles. The third-order valence-corrected chi connectivity index (χ3v) is 7.64. The Hall–Kier alpha value is -2.10. The Morgan fingerprint density at radius 1 is 1.16 bits per heavy atom. The second-order valence-corrected chi connectivity index (χ2v) is 10.4. The molecule has 0 radical (unpaired) electrons. The van der Waals surface area contributed by atoms with Crippen molar-refractivity contribution in [3.05, 3.63) is 60.4 Å². The van der Waals surface area contributed by atoms with Gasteiger partial charge in [0.1, 0.15) is 22.5 Å². The molecule has 1 unspecified atom stereocenters. The largest absolute Gasteiger partial charge is 0.493 e. The maximum absolute atomic E-state index is 14.1. The summed E-state index contributed by atoms with van der Waals surface area (Å²) < 4.78 is 47.8. The van der Waals surface area contributed by atoms with Crippen LogP contribution in [0.15, 0.2) is 59.5 Å². The molecule has 1 heterocycles. The summed E-state index contributed by atoms with van der Waals surface area (Å²) in [6.45, 7) is 1.67. The van der Waals surface area contributed by atoms with Gasteiger partial charge in [-0.3, -0.25) is 4.79 Å². The number of nitrogens with zero attached hydrogens (tertiary/aromatic N) is 1. The molecule has 2 aromatic rings. The first-order valence-electron chi connectivity index (χ1n) is 10.6. The molecule has 0 saturated carbocycles. The van der Waals surface area contributed by atoms with Crippen molar-refractivity contribution < 1.29 is 22.3 Å². The molecule has 1 aliphatic rings. The fourth-order valence-electron chi connectivity index (χ4n) is 3.65. The Kier molecular flexibility index (Phi) is 8.95. The minimum atomic E-state index is -4.16. The van der Waals surface area contributed by atoms with Crippen LogP contribution in [0.1, 0.15) is 19.3 Å². The average molecular weight is 481 g/mol. The Morgan fingerprint density at radius 3 is 2.47 bits per heavy atom. The highest BCUT2D eigenvalue weighted by atomic mass is 32.2. The lowest BCUT2D eigenvalue weighted by Crippen LogP contribution is -2.51. The lowest BCUT2D eigenvalue weighted by molar-refractivity contribution is -0.134. The number of benzene rings is 2. The first-order chi connectivity index (χ1) is 15.4. The van der Waals surface area contributed by atoms with E-state index in [1.54, 1.807) is 4.90 Å². The summed E-state index contributed by atoms with van der Waals surface area (Å²) >= 11 is 1.53. The Labute approximate surface area is 193 Å². The second kappa shape index (κ2) is 11.7. The fourth-order valence-corrected chi connectivity index (χ4v) is 5.43. The maximum atomic E-state index is 14.1. The van der Waals surface area contributed by atoms with Gasteiger partial charge < -0.3 is 9.64 Å². The highest BCUT2D eigenvalue weighted by Crippen LogP contribution is 2.21. The number of likely N-dealkylation sites (tertiary alicyclic amines) is 1. The molecule has 0 aliphatic carbocycles. The number of carbonyl (C=O) groups excluding carboxylic acids is 1. The monoisotopic (exact) mass is 480 g/mol. The third kappa shape index (κ3) is 6.70. The number of halogens is 1. The number of ether oxygens (including phenoxy) is 1. The van der Waals surface area contributed by atoms with Gasteiger partial charge in [0, 0.05) is 13.1 Å². The van der Waals surface area contributed by atoms with E-state index < -0.39 is 26.8 Å². The zero-order valence-electron chi connectivity index (χ0n) is 18.1. The van der Waals surface area contributed by atoms with Crippen molar-refractivity contribution in [2.45, 2.75) is 30.2 Å². The van der Waals surface area contributed by atoms with Crippen molar-refractivity contribution in [1.29, 1.82) is 0 Å². The van der Waals surface area contributed by atoms with E-state index >= 15 is 0 Å². The van der Waals surface area contributed by atoms with Gasteiger partial charge in [0.15, 0.2) is 0 Å². The number of piperidine rings is 1. The molecular weight excluding hydrogens is 451 g/mol. The lowest BCUT2D eigenvalue weighted by atomic mass is 9.97. The molecule has 174 valence electrons. The molecule has 1 saturated heterocycles. The van der Waals surface area contributed by atoms with E-state index in [1.165, 1.54) is 30.0 Å². The van der Waals surface area contributed by atoms with Crippen LogP contribution in [0.25, 0.3) is 0 Å². The van der Waals surface area contributed by atoms with Crippen molar-refractivity contribution in [3.8, 4) is 5.75 Å². The summed E-state index contributed by atoms with van der Waals surface area (Å²) in [5.74, 6) is 0.666. The standard InChI is InChI=1S/C23H29FN2O4S2/c1-31-16-13-21(25-32(28,29)22-10-6-5-9-20(22)24)23(27)26-14-11-18(12-15-26)17-30-19-7-3-2-4-8-19/h2-10,18,21,25H,11-17H2,1H3. The molecule has 3 rings (SSSR count). The van der Waals surface area contributed by atoms with Crippen LogP contribution in [0.4, 0.5) is 4.39 Å². The molecule has 0 bridgehead atoms. The highest BCUT2D eigenvalue weighted by molar-refractivity contribution is 7.98. The number of para-hydroxylation sites is 1. The van der Waals surface area contributed by atoms with Gasteiger partial charge in [-0.15, -0.1) is 0 Å². The third-order valence-electron chi connectivity index (χ3n) is 5.49. The molecule has 1 aliphatic heterocycles. The molecule has 1 atom stereocenters. The van der Waals surface area contributed by atoms with Gasteiger partial charge in [-0.05, 0) is 61.5 Å². The van der Waals surface area contributed by atoms with Crippen LogP contribution in [-0.2, 0) is 14.8 Å². The summed E-state index contributed by atoms with van der Waals surface area (Å²) in [7, 11) is -4.16. The molecule has 1 fully saturated rings. The van der Waals surface area contributed by atoms with Crippen LogP contribution in [0.2, 0.25) is 0 Å². The molecule has 6 nitrogen and oxygen atoms in total. The van der Waals surface area contributed by atoms with Gasteiger partial charge in [-0.25, -0.2) is 12.8 Å². The van der Waals surface area contributed by atoms with Crippen LogP contribution in [-0.4, -0.2) is 57.0 Å². The quantitative estimate of drug-likeness (QED) is 0.563. The van der Waals surface area contributed by atoms with Crippen molar-refractivity contribution in [3.63, 3.8) is 0 Å². The molecular formula is C23H29FN2O4S2. The first-order valence-corrected chi connectivity index (χ1v) is 13.5. The van der Waals surface area contributed by atoms with E-state index in [2.05, 4.69) is 4.72 Å². The van der Waals surface area contributed by atoms with E-state index in [0.717, 1.165) is 24.7 Å². The van der Waals surface area contributed by atoms with E-state index in [0.29, 0.717) is 37.8 Å². The lowest BCUT2D eigenvalue weighted by Gasteiger charge is -2.34. The number of rotatable bonds is 10. The molecule has 9 heteroatoms. The summed E-state index contributed by atoms with van der Waals surface area (Å²) in [5.41, 5.74) is 0. The summed E-state index contributed by atoms with van der Waals surface area (Å²) in [6, 6.07) is 13.9. The number of amides is 1. The van der Waals surface area contributed by atoms with Crippen molar-refractivity contribution in [2.24, 2.45) is 5.92 Å². The normalized spacial score (nSPS) is 16.0. The number of sulfonamides is 1. The topological polar surface area (TPSA) is 75.7 Å². The first kappa shape index (κ1) is 24.5. The van der Waals surface area contributed by atoms with Gasteiger partial charge in [0.05, 0.1) is 6.61 Å². The maximum Gasteiger partial charge on any atom is 0.244 e. The second-order valence-electron chi connectivity index (χ2n) is 7.78. The fraction of sp³-hybridized carbons (Fsp3) is 0.435. The predicted molar refractivity (Wildman–Crippen MR) is 125 cm³/mol. The van der Waals surface area contributed by atoms with E-state index in [1.807, 2.05) is 36.6 Å². The van der Waals surface area contributed by atoms with Gasteiger partial charge in [0.2, 0.25) is 15.9 Å². The van der Waals surface area contributed by atoms with Gasteiger partial charge in [-0.1, -0.05) is 30.3 Å². The smallest absolute Gasteiger partial charge is 0.244 e. The van der Waals surface area contributed by atoms with Gasteiger partial charge in [-0.2, -0.15) is 16.5 Å². The Morgan fingerprint density at radius 2 is 1.81 bits per heavy atom. The zero-order valence-corrected chi connectivity index (χ0v) is 19.7. The van der Waals surface area contributed by atoms with Crippen LogP contribution < -0.4 is 9.46 Å². The minimum Gasteiger partial charge on any atom is -0.493 e. The van der Waals surface area contributed by atoms with E-state index in [-0.39, 0.29) is 5.91 Å². The number of hydrogen-bond acceptors (Lipinski definition) is 5. The highest BCUT2D eigenvalue weighted by Gasteiger charge is 2.32. The van der Waals surface area contributed by atoms with Crippen LogP contribution >= 0.6 is 11.8 Å². The number of carbonyl (C=O) groups is 1. The molecule has 32 heavy (non-hydrogen) atoms. The van der Waals surface area contributed by atoms with E-state index in [9.17, 15) is 17.6 Å². The van der Waals surface area contributed by atoms with Crippen molar-refractivity contribution in [2.75, 3.05) is 31.7 Å². The number of hydrogen-bond donors (Lipinski definition) is 1. The summed E-state index contributed by atoms with van der Waals surface area (Å²) in [4.78, 5) is 14.4. The van der Waals surface area contributed by atoms with Crippen LogP contribution in [0.5, 0.6) is 5.75 Å². The zero-order chi connectivity index (χ0) is 23.0. The minimum absolute atomic E-state index is 0.263. The van der Waals surface area contributed by atoms with Gasteiger partial charge in [0.25, 0.3) is 0 Å². The Balaban J connectivity index is 1.59. The van der Waals surface area contributed by atoms with Crippen molar-refractivity contribution in [1.82, 2.24) is 9.62 Å². The van der Waals surface area contributed by atoms with Crippen LogP contribution in [0, 0.1) is 11.7 Å². The van der Waals surface area contributed by atoms with E-state index in [4.69, 9.17) is 4.74 Å². The molecule has 0 spiro atoms. The predicted octanol–water partition coefficient (Wildman–Crippen LogP) is 3.54. The van der Waals surface area contributed by atoms with Crippen molar-refractivity contribution >= 4 is 27.7 Å². The van der Waals surface area contributed by atoms with Crippen LogP contribution in [0.3, 0.4) is 0 Å². The molecule has 0 aromatic heterocycles. The average Bonchev–Trinajstić information content (AvgIpc) is 2.81. The van der Waals surface area contributed by atoms with Gasteiger partial charge >= 0.3 is 0 Å². The summed E-state index contributed by atoms with van der Waals surface area (Å²) in [6.07, 6.45) is 3.80. The Bertz CT molecular complexity index is 981. The number of thioether (sulfide) groups is 1. The number of nitrogens with one attached hydrogen (secondary N) is 1. The SMILES string of the molecule is CSCCC(NS(=O)(=O)c1ccccc1F)C(=O)N1CCC(COc2ccccc2)CC1. The summed E-state index contributed by atoms with van der Waals surface area (Å²) in [5, 5.41) is 0. The molecule has 1 N–H and O–H groups in total.